The van der Waals surface area contributed by atoms with E-state index in [1.54, 1.807) is 0 Å². The monoisotopic (exact) mass is 236 g/mol. The van der Waals surface area contributed by atoms with Gasteiger partial charge in [0.25, 0.3) is 9.05 Å². The summed E-state index contributed by atoms with van der Waals surface area (Å²) >= 11 is 0. The van der Waals surface area contributed by atoms with Gasteiger partial charge in [0.05, 0.1) is 0 Å². The van der Waals surface area contributed by atoms with E-state index in [0.29, 0.717) is 5.75 Å². The highest BCUT2D eigenvalue weighted by Crippen LogP contribution is 2.40. The molecular weight excluding hydrogens is 232 g/mol. The SMILES string of the molecule is O=S(=O)(Cl)c1cc2c(cc1O)OCO2. The van der Waals surface area contributed by atoms with Crippen LogP contribution in [-0.2, 0) is 9.05 Å². The van der Waals surface area contributed by atoms with Crippen molar-refractivity contribution in [2.24, 2.45) is 0 Å². The minimum atomic E-state index is -3.97. The molecule has 0 radical (unpaired) electrons. The second-order valence-electron chi connectivity index (χ2n) is 2.61. The molecule has 1 aromatic carbocycles. The summed E-state index contributed by atoms with van der Waals surface area (Å²) in [4.78, 5) is -0.386. The molecule has 2 rings (SSSR count). The number of aromatic hydroxyl groups is 1. The second kappa shape index (κ2) is 2.93. The van der Waals surface area contributed by atoms with E-state index in [2.05, 4.69) is 0 Å². The van der Waals surface area contributed by atoms with Gasteiger partial charge >= 0.3 is 0 Å². The average Bonchev–Trinajstić information content (AvgIpc) is 2.47. The lowest BCUT2D eigenvalue weighted by Gasteiger charge is -2.02. The quantitative estimate of drug-likeness (QED) is 0.738. The van der Waals surface area contributed by atoms with Gasteiger partial charge in [-0.25, -0.2) is 8.42 Å². The molecule has 7 heteroatoms. The first-order chi connectivity index (χ1) is 6.48. The fourth-order valence-electron chi connectivity index (χ4n) is 1.11. The molecule has 0 fully saturated rings. The molecule has 1 aliphatic rings. The summed E-state index contributed by atoms with van der Waals surface area (Å²) in [5.41, 5.74) is 0. The van der Waals surface area contributed by atoms with Gasteiger partial charge in [0.15, 0.2) is 11.5 Å². The maximum Gasteiger partial charge on any atom is 0.265 e. The van der Waals surface area contributed by atoms with Gasteiger partial charge in [-0.15, -0.1) is 0 Å². The normalized spacial score (nSPS) is 14.4. The van der Waals surface area contributed by atoms with Gasteiger partial charge in [-0.1, -0.05) is 0 Å². The molecule has 14 heavy (non-hydrogen) atoms. The number of rotatable bonds is 1. The maximum atomic E-state index is 11.0. The molecule has 0 bridgehead atoms. The number of halogens is 1. The molecule has 0 saturated carbocycles. The topological polar surface area (TPSA) is 72.8 Å². The van der Waals surface area contributed by atoms with Crippen LogP contribution in [0.4, 0.5) is 0 Å². The molecule has 1 N–H and O–H groups in total. The summed E-state index contributed by atoms with van der Waals surface area (Å²) in [5, 5.41) is 9.31. The van der Waals surface area contributed by atoms with Crippen molar-refractivity contribution in [2.75, 3.05) is 6.79 Å². The number of benzene rings is 1. The molecule has 0 atom stereocenters. The van der Waals surface area contributed by atoms with Crippen LogP contribution in [-0.4, -0.2) is 20.3 Å². The number of phenolic OH excluding ortho intramolecular Hbond substituents is 1. The smallest absolute Gasteiger partial charge is 0.265 e. The van der Waals surface area contributed by atoms with Crippen molar-refractivity contribution in [3.8, 4) is 17.2 Å². The highest BCUT2D eigenvalue weighted by atomic mass is 35.7. The van der Waals surface area contributed by atoms with E-state index < -0.39 is 14.8 Å². The Balaban J connectivity index is 2.65. The van der Waals surface area contributed by atoms with Crippen molar-refractivity contribution in [1.82, 2.24) is 0 Å². The van der Waals surface area contributed by atoms with E-state index in [-0.39, 0.29) is 17.4 Å². The van der Waals surface area contributed by atoms with Gasteiger partial charge in [-0.2, -0.15) is 0 Å². The van der Waals surface area contributed by atoms with Gasteiger partial charge < -0.3 is 14.6 Å². The van der Waals surface area contributed by atoms with E-state index >= 15 is 0 Å². The number of ether oxygens (including phenoxy) is 2. The maximum absolute atomic E-state index is 11.0. The van der Waals surface area contributed by atoms with Crippen molar-refractivity contribution < 1.29 is 23.0 Å². The summed E-state index contributed by atoms with van der Waals surface area (Å²) in [5.74, 6) is 0.0952. The fraction of sp³-hybridized carbons (Fsp3) is 0.143. The van der Waals surface area contributed by atoms with Gasteiger partial charge in [0, 0.05) is 22.8 Å². The first-order valence-electron chi connectivity index (χ1n) is 3.56. The second-order valence-corrected chi connectivity index (χ2v) is 5.15. The summed E-state index contributed by atoms with van der Waals surface area (Å²) in [6.45, 7) is 0.000556. The van der Waals surface area contributed by atoms with E-state index in [9.17, 15) is 13.5 Å². The Morgan fingerprint density at radius 2 is 1.86 bits per heavy atom. The van der Waals surface area contributed by atoms with Crippen LogP contribution < -0.4 is 9.47 Å². The first-order valence-corrected chi connectivity index (χ1v) is 5.87. The standard InChI is InChI=1S/C7H5ClO5S/c8-14(10,11)7-2-6-5(1-4(7)9)12-3-13-6/h1-2,9H,3H2. The van der Waals surface area contributed by atoms with Crippen molar-refractivity contribution >= 4 is 19.7 Å². The van der Waals surface area contributed by atoms with Crippen LogP contribution >= 0.6 is 10.7 Å². The zero-order valence-corrected chi connectivity index (χ0v) is 8.30. The van der Waals surface area contributed by atoms with Crippen LogP contribution in [0.2, 0.25) is 0 Å². The van der Waals surface area contributed by atoms with Crippen LogP contribution in [0, 0.1) is 0 Å². The summed E-state index contributed by atoms with van der Waals surface area (Å²) in [7, 11) is 1.11. The van der Waals surface area contributed by atoms with Crippen LogP contribution in [0.5, 0.6) is 17.2 Å². The van der Waals surface area contributed by atoms with Gasteiger partial charge in [0.1, 0.15) is 10.6 Å². The van der Waals surface area contributed by atoms with E-state index in [0.717, 1.165) is 12.1 Å². The summed E-state index contributed by atoms with van der Waals surface area (Å²) in [6, 6.07) is 2.28. The van der Waals surface area contributed by atoms with Gasteiger partial charge in [0.2, 0.25) is 6.79 Å². The van der Waals surface area contributed by atoms with Gasteiger partial charge in [-0.3, -0.25) is 0 Å². The lowest BCUT2D eigenvalue weighted by atomic mass is 10.3. The Morgan fingerprint density at radius 3 is 2.43 bits per heavy atom. The van der Waals surface area contributed by atoms with Crippen LogP contribution in [0.25, 0.3) is 0 Å². The molecule has 0 aromatic heterocycles. The van der Waals surface area contributed by atoms with E-state index in [1.807, 2.05) is 0 Å². The average molecular weight is 237 g/mol. The van der Waals surface area contributed by atoms with Crippen molar-refractivity contribution in [3.63, 3.8) is 0 Å². The number of fused-ring (bicyclic) bond motifs is 1. The van der Waals surface area contributed by atoms with Crippen molar-refractivity contribution in [3.05, 3.63) is 12.1 Å². The highest BCUT2D eigenvalue weighted by Gasteiger charge is 2.23. The summed E-state index contributed by atoms with van der Waals surface area (Å²) in [6.07, 6.45) is 0. The lowest BCUT2D eigenvalue weighted by molar-refractivity contribution is 0.174. The fourth-order valence-corrected chi connectivity index (χ4v) is 2.04. The van der Waals surface area contributed by atoms with E-state index in [4.69, 9.17) is 20.2 Å². The molecule has 0 saturated heterocycles. The molecule has 0 spiro atoms. The summed E-state index contributed by atoms with van der Waals surface area (Å²) < 4.78 is 31.8. The minimum absolute atomic E-state index is 0.000556. The van der Waals surface area contributed by atoms with Crippen molar-refractivity contribution in [2.45, 2.75) is 4.90 Å². The number of hydrogen-bond acceptors (Lipinski definition) is 5. The minimum Gasteiger partial charge on any atom is -0.506 e. The van der Waals surface area contributed by atoms with Crippen LogP contribution in [0.3, 0.4) is 0 Å². The molecular formula is C7H5ClO5S. The zero-order valence-electron chi connectivity index (χ0n) is 6.73. The molecule has 76 valence electrons. The molecule has 5 nitrogen and oxygen atoms in total. The molecule has 0 aliphatic carbocycles. The van der Waals surface area contributed by atoms with Crippen molar-refractivity contribution in [1.29, 1.82) is 0 Å². The predicted molar refractivity (Wildman–Crippen MR) is 47.3 cm³/mol. The highest BCUT2D eigenvalue weighted by molar-refractivity contribution is 8.13. The van der Waals surface area contributed by atoms with Crippen LogP contribution in [0.1, 0.15) is 0 Å². The molecule has 1 aromatic rings. The molecule has 0 amide bonds. The Bertz CT molecular complexity index is 481. The van der Waals surface area contributed by atoms with Crippen LogP contribution in [0.15, 0.2) is 17.0 Å². The molecule has 1 aliphatic heterocycles. The Labute approximate surface area is 84.2 Å². The predicted octanol–water partition coefficient (Wildman–Crippen LogP) is 1.05. The Morgan fingerprint density at radius 1 is 1.29 bits per heavy atom. The number of phenols is 1. The zero-order chi connectivity index (χ0) is 10.3. The largest absolute Gasteiger partial charge is 0.506 e. The third-order valence-electron chi connectivity index (χ3n) is 1.72. The first kappa shape index (κ1) is 9.42. The van der Waals surface area contributed by atoms with Gasteiger partial charge in [-0.05, 0) is 0 Å². The Hall–Kier alpha value is -1.14. The molecule has 1 heterocycles. The Kier molecular flexibility index (Phi) is 1.97. The third kappa shape index (κ3) is 1.46. The third-order valence-corrected chi connectivity index (χ3v) is 3.07. The lowest BCUT2D eigenvalue weighted by Crippen LogP contribution is -1.93. The van der Waals surface area contributed by atoms with E-state index in [1.165, 1.54) is 0 Å². The number of hydrogen-bond donors (Lipinski definition) is 1. The molecule has 0 unspecified atom stereocenters.